The maximum absolute atomic E-state index is 11.4. The smallest absolute Gasteiger partial charge is 0.306 e. The van der Waals surface area contributed by atoms with E-state index in [-0.39, 0.29) is 11.5 Å². The van der Waals surface area contributed by atoms with Crippen molar-refractivity contribution in [2.75, 3.05) is 33.4 Å². The molecule has 0 unspecified atom stereocenters. The summed E-state index contributed by atoms with van der Waals surface area (Å²) in [6.07, 6.45) is 10.1. The van der Waals surface area contributed by atoms with Crippen molar-refractivity contribution >= 4 is 17.6 Å². The molecule has 0 amide bonds. The summed E-state index contributed by atoms with van der Waals surface area (Å²) < 4.78 is 6.16. The summed E-state index contributed by atoms with van der Waals surface area (Å²) in [4.78, 5) is 14.0. The number of esters is 1. The molecule has 1 aliphatic heterocycles. The summed E-state index contributed by atoms with van der Waals surface area (Å²) in [7, 11) is 2.20. The summed E-state index contributed by atoms with van der Waals surface area (Å²) >= 11 is 6.42. The predicted molar refractivity (Wildman–Crippen MR) is 148 cm³/mol. The normalized spacial score (nSPS) is 27.5. The van der Waals surface area contributed by atoms with Crippen molar-refractivity contribution in [1.29, 1.82) is 0 Å². The van der Waals surface area contributed by atoms with Crippen LogP contribution in [-0.2, 0) is 9.53 Å². The minimum Gasteiger partial charge on any atom is -0.415 e. The minimum absolute atomic E-state index is 0.0305. The fourth-order valence-electron chi connectivity index (χ4n) is 6.17. The fourth-order valence-corrected chi connectivity index (χ4v) is 6.35. The summed E-state index contributed by atoms with van der Waals surface area (Å²) in [5.41, 5.74) is 4.10. The van der Waals surface area contributed by atoms with Crippen molar-refractivity contribution in [1.82, 2.24) is 4.90 Å². The van der Waals surface area contributed by atoms with Crippen LogP contribution in [-0.4, -0.2) is 54.3 Å². The van der Waals surface area contributed by atoms with Crippen molar-refractivity contribution in [2.24, 2.45) is 0 Å². The van der Waals surface area contributed by atoms with E-state index in [1.807, 2.05) is 6.07 Å². The number of quaternary nitrogens is 1. The monoisotopic (exact) mass is 511 g/mol. The molecule has 5 heteroatoms. The number of nitrogens with zero attached hydrogens (tertiary/aromatic N) is 2. The molecule has 0 spiro atoms. The standard InChI is InChI=1S/C25H32ClN2O2.C6H12/c1-18(29)30-17-28(4)13-12-27(16-25(28,2)3)24-15-22(19-8-6-5-7-9-19)21-11-10-20(26)14-23(21)24;1-2-4-6-5-3-1/h5-11,14,22,24H,12-13,15-17H2,1-4H3;1-6H2/q+1;/t22-,24+,28+;/m0./s1. The zero-order chi connectivity index (χ0) is 25.8. The van der Waals surface area contributed by atoms with Crippen LogP contribution >= 0.6 is 11.6 Å². The molecule has 0 radical (unpaired) electrons. The summed E-state index contributed by atoms with van der Waals surface area (Å²) in [6.45, 7) is 9.34. The average molecular weight is 512 g/mol. The molecule has 1 saturated heterocycles. The molecule has 3 atom stereocenters. The molecule has 3 aliphatic rings. The number of ether oxygens (including phenoxy) is 1. The molecule has 2 aromatic carbocycles. The first-order valence-corrected chi connectivity index (χ1v) is 14.1. The first kappa shape index (κ1) is 27.2. The van der Waals surface area contributed by atoms with Crippen LogP contribution in [0.1, 0.15) is 94.4 Å². The number of hydrogen-bond donors (Lipinski definition) is 0. The number of halogens is 1. The van der Waals surface area contributed by atoms with Gasteiger partial charge in [-0.2, -0.15) is 0 Å². The Labute approximate surface area is 223 Å². The van der Waals surface area contributed by atoms with Crippen molar-refractivity contribution in [3.63, 3.8) is 0 Å². The number of carbonyl (C=O) groups excluding carboxylic acids is 1. The van der Waals surface area contributed by atoms with E-state index in [0.717, 1.165) is 35.6 Å². The highest BCUT2D eigenvalue weighted by molar-refractivity contribution is 6.30. The second-order valence-electron chi connectivity index (χ2n) is 11.8. The molecule has 196 valence electrons. The Morgan fingerprint density at radius 3 is 2.25 bits per heavy atom. The van der Waals surface area contributed by atoms with E-state index < -0.39 is 0 Å². The molecule has 0 N–H and O–H groups in total. The van der Waals surface area contributed by atoms with E-state index in [1.165, 1.54) is 62.1 Å². The third-order valence-electron chi connectivity index (χ3n) is 8.87. The second-order valence-corrected chi connectivity index (χ2v) is 12.2. The number of likely N-dealkylation sites (N-methyl/N-ethyl adjacent to an activating group) is 1. The van der Waals surface area contributed by atoms with Gasteiger partial charge >= 0.3 is 5.97 Å². The number of piperazine rings is 1. The third-order valence-corrected chi connectivity index (χ3v) is 9.10. The van der Waals surface area contributed by atoms with Gasteiger partial charge in [-0.05, 0) is 49.1 Å². The van der Waals surface area contributed by atoms with Crippen molar-refractivity contribution in [3.8, 4) is 0 Å². The van der Waals surface area contributed by atoms with Gasteiger partial charge < -0.3 is 4.74 Å². The Bertz CT molecular complexity index is 1010. The van der Waals surface area contributed by atoms with Crippen molar-refractivity contribution in [3.05, 3.63) is 70.2 Å². The number of rotatable bonds is 4. The molecule has 1 heterocycles. The van der Waals surface area contributed by atoms with Gasteiger partial charge in [-0.3, -0.25) is 14.2 Å². The van der Waals surface area contributed by atoms with Crippen LogP contribution in [0, 0.1) is 0 Å². The fraction of sp³-hybridized carbons (Fsp3) is 0.581. The molecule has 1 saturated carbocycles. The zero-order valence-corrected chi connectivity index (χ0v) is 23.4. The van der Waals surface area contributed by atoms with Crippen molar-refractivity contribution < 1.29 is 14.0 Å². The van der Waals surface area contributed by atoms with Gasteiger partial charge in [0.25, 0.3) is 0 Å². The van der Waals surface area contributed by atoms with Crippen LogP contribution in [0.4, 0.5) is 0 Å². The van der Waals surface area contributed by atoms with Gasteiger partial charge in [0.2, 0.25) is 6.73 Å². The number of benzene rings is 2. The van der Waals surface area contributed by atoms with Gasteiger partial charge in [0.05, 0.1) is 20.1 Å². The molecular weight excluding hydrogens is 468 g/mol. The van der Waals surface area contributed by atoms with Gasteiger partial charge in [-0.1, -0.05) is 86.5 Å². The largest absolute Gasteiger partial charge is 0.415 e. The van der Waals surface area contributed by atoms with Crippen molar-refractivity contribution in [2.45, 2.75) is 83.2 Å². The minimum atomic E-state index is -0.211. The lowest BCUT2D eigenvalue weighted by molar-refractivity contribution is -0.974. The average Bonchev–Trinajstić information content (AvgIpc) is 3.25. The van der Waals surface area contributed by atoms with Crippen LogP contribution in [0.15, 0.2) is 48.5 Å². The van der Waals surface area contributed by atoms with Gasteiger partial charge in [0.1, 0.15) is 5.54 Å². The van der Waals surface area contributed by atoms with Gasteiger partial charge in [0.15, 0.2) is 0 Å². The van der Waals surface area contributed by atoms with E-state index in [0.29, 0.717) is 18.7 Å². The van der Waals surface area contributed by atoms with E-state index in [9.17, 15) is 4.79 Å². The Kier molecular flexibility index (Phi) is 8.80. The maximum atomic E-state index is 11.4. The Balaban J connectivity index is 0.000000445. The van der Waals surface area contributed by atoms with Crippen LogP contribution in [0.5, 0.6) is 0 Å². The molecule has 2 aromatic rings. The molecule has 0 aromatic heterocycles. The Morgan fingerprint density at radius 2 is 1.67 bits per heavy atom. The molecular formula is C31H44ClN2O2+. The molecule has 2 aliphatic carbocycles. The van der Waals surface area contributed by atoms with Gasteiger partial charge in [-0.15, -0.1) is 0 Å². The van der Waals surface area contributed by atoms with Crippen LogP contribution in [0.3, 0.4) is 0 Å². The number of hydrogen-bond acceptors (Lipinski definition) is 3. The first-order valence-electron chi connectivity index (χ1n) is 13.8. The van der Waals surface area contributed by atoms with E-state index in [1.54, 1.807) is 0 Å². The molecule has 4 nitrogen and oxygen atoms in total. The SMILES string of the molecule is C1CCCCC1.CC(=O)OC[N@@+]1(C)CCN([C@@H]2C[C@@H](c3ccccc3)c3ccc(Cl)cc32)CC1(C)C. The summed E-state index contributed by atoms with van der Waals surface area (Å²) in [5, 5.41) is 0.805. The topological polar surface area (TPSA) is 29.5 Å². The van der Waals surface area contributed by atoms with Crippen LogP contribution in [0.2, 0.25) is 5.02 Å². The quantitative estimate of drug-likeness (QED) is 0.318. The maximum Gasteiger partial charge on any atom is 0.306 e. The molecule has 36 heavy (non-hydrogen) atoms. The predicted octanol–water partition coefficient (Wildman–Crippen LogP) is 7.32. The summed E-state index contributed by atoms with van der Waals surface area (Å²) in [6, 6.07) is 17.5. The highest BCUT2D eigenvalue weighted by atomic mass is 35.5. The number of fused-ring (bicyclic) bond motifs is 1. The Hall–Kier alpha value is -1.88. The highest BCUT2D eigenvalue weighted by Gasteiger charge is 2.49. The van der Waals surface area contributed by atoms with E-state index in [4.69, 9.17) is 16.3 Å². The van der Waals surface area contributed by atoms with Gasteiger partial charge in [0, 0.05) is 30.5 Å². The Morgan fingerprint density at radius 1 is 1.03 bits per heavy atom. The highest BCUT2D eigenvalue weighted by Crippen LogP contribution is 2.48. The summed E-state index contributed by atoms with van der Waals surface area (Å²) in [5.74, 6) is 0.188. The molecule has 5 rings (SSSR count). The van der Waals surface area contributed by atoms with Crippen LogP contribution < -0.4 is 0 Å². The lowest BCUT2D eigenvalue weighted by Crippen LogP contribution is -2.70. The second kappa shape index (κ2) is 11.7. The number of carbonyl (C=O) groups is 1. The molecule has 2 fully saturated rings. The van der Waals surface area contributed by atoms with Crippen LogP contribution in [0.25, 0.3) is 0 Å². The third kappa shape index (κ3) is 6.15. The first-order chi connectivity index (χ1) is 17.2. The van der Waals surface area contributed by atoms with E-state index in [2.05, 4.69) is 68.3 Å². The van der Waals surface area contributed by atoms with E-state index >= 15 is 0 Å². The van der Waals surface area contributed by atoms with Gasteiger partial charge in [-0.25, -0.2) is 0 Å². The molecule has 0 bridgehead atoms. The lowest BCUT2D eigenvalue weighted by Gasteiger charge is -2.53. The lowest BCUT2D eigenvalue weighted by atomic mass is 9.92. The zero-order valence-electron chi connectivity index (χ0n) is 22.6.